The zero-order valence-corrected chi connectivity index (χ0v) is 13.5. The number of rotatable bonds is 4. The van der Waals surface area contributed by atoms with Crippen LogP contribution in [-0.2, 0) is 0 Å². The van der Waals surface area contributed by atoms with E-state index in [0.29, 0.717) is 11.9 Å². The molecule has 1 aromatic rings. The predicted octanol–water partition coefficient (Wildman–Crippen LogP) is 2.65. The van der Waals surface area contributed by atoms with Crippen LogP contribution in [0.25, 0.3) is 0 Å². The van der Waals surface area contributed by atoms with E-state index in [1.165, 1.54) is 0 Å². The summed E-state index contributed by atoms with van der Waals surface area (Å²) in [6.07, 6.45) is 1.05. The number of likely N-dealkylation sites (N-methyl/N-ethyl adjacent to an activating group) is 1. The van der Waals surface area contributed by atoms with Crippen molar-refractivity contribution in [3.8, 4) is 0 Å². The van der Waals surface area contributed by atoms with Crippen molar-refractivity contribution in [1.82, 2.24) is 14.8 Å². The molecular formula is C16H26N4O. The predicted molar refractivity (Wildman–Crippen MR) is 85.6 cm³/mol. The summed E-state index contributed by atoms with van der Waals surface area (Å²) in [5.41, 5.74) is 2.04. The molecule has 0 aromatic carbocycles. The lowest BCUT2D eigenvalue weighted by Crippen LogP contribution is -2.39. The van der Waals surface area contributed by atoms with Crippen LogP contribution in [0, 0.1) is 13.8 Å². The minimum absolute atomic E-state index is 0.0397. The number of carbonyl (C=O) groups excluding carboxylic acids is 1. The number of nitrogens with one attached hydrogen (secondary N) is 1. The van der Waals surface area contributed by atoms with Crippen LogP contribution in [0.2, 0.25) is 0 Å². The molecule has 1 fully saturated rings. The van der Waals surface area contributed by atoms with Gasteiger partial charge in [-0.25, -0.2) is 9.78 Å². The molecule has 21 heavy (non-hydrogen) atoms. The molecular weight excluding hydrogens is 264 g/mol. The smallest absolute Gasteiger partial charge is 0.323 e. The van der Waals surface area contributed by atoms with E-state index in [9.17, 15) is 4.79 Å². The first-order valence-corrected chi connectivity index (χ1v) is 7.78. The molecule has 1 N–H and O–H groups in total. The van der Waals surface area contributed by atoms with Crippen molar-refractivity contribution in [3.63, 3.8) is 0 Å². The zero-order chi connectivity index (χ0) is 15.4. The van der Waals surface area contributed by atoms with Crippen molar-refractivity contribution < 1.29 is 4.79 Å². The lowest BCUT2D eigenvalue weighted by atomic mass is 10.2. The Balaban J connectivity index is 1.95. The number of hydrogen-bond acceptors (Lipinski definition) is 3. The third-order valence-corrected chi connectivity index (χ3v) is 4.11. The fourth-order valence-corrected chi connectivity index (χ4v) is 3.06. The highest BCUT2D eigenvalue weighted by atomic mass is 16.2. The Morgan fingerprint density at radius 2 is 2.10 bits per heavy atom. The molecule has 0 aliphatic carbocycles. The summed E-state index contributed by atoms with van der Waals surface area (Å²) in [6, 6.07) is 4.35. The second-order valence-electron chi connectivity index (χ2n) is 5.71. The summed E-state index contributed by atoms with van der Waals surface area (Å²) in [5.74, 6) is 0.642. The van der Waals surface area contributed by atoms with Gasteiger partial charge in [-0.2, -0.15) is 0 Å². The summed E-state index contributed by atoms with van der Waals surface area (Å²) >= 11 is 0. The largest absolute Gasteiger partial charge is 0.323 e. The van der Waals surface area contributed by atoms with Gasteiger partial charge >= 0.3 is 6.03 Å². The molecule has 0 bridgehead atoms. The van der Waals surface area contributed by atoms with Crippen LogP contribution in [0.15, 0.2) is 12.1 Å². The quantitative estimate of drug-likeness (QED) is 0.927. The fourth-order valence-electron chi connectivity index (χ4n) is 3.06. The van der Waals surface area contributed by atoms with Gasteiger partial charge in [0.15, 0.2) is 0 Å². The number of pyridine rings is 1. The van der Waals surface area contributed by atoms with Crippen LogP contribution in [-0.4, -0.2) is 53.0 Å². The van der Waals surface area contributed by atoms with Crippen LogP contribution >= 0.6 is 0 Å². The number of carbonyl (C=O) groups is 1. The minimum Gasteiger partial charge on any atom is -0.323 e. The molecule has 1 saturated heterocycles. The van der Waals surface area contributed by atoms with Gasteiger partial charge in [0.25, 0.3) is 0 Å². The standard InChI is InChI=1S/C16H26N4O/c1-5-19(6-2)14-7-8-20(11-14)16(21)18-15-10-12(3)9-13(4)17-15/h9-10,14H,5-8,11H2,1-4H3,(H,17,18,21)/t14-/m0/s1. The Bertz CT molecular complexity index is 479. The Morgan fingerprint density at radius 3 is 2.71 bits per heavy atom. The molecule has 0 unspecified atom stereocenters. The molecule has 5 nitrogen and oxygen atoms in total. The molecule has 0 spiro atoms. The van der Waals surface area contributed by atoms with E-state index >= 15 is 0 Å². The molecule has 2 amide bonds. The summed E-state index contributed by atoms with van der Waals surface area (Å²) in [7, 11) is 0. The summed E-state index contributed by atoms with van der Waals surface area (Å²) in [4.78, 5) is 21.0. The molecule has 0 saturated carbocycles. The Kier molecular flexibility index (Phi) is 5.17. The third-order valence-electron chi connectivity index (χ3n) is 4.11. The van der Waals surface area contributed by atoms with Crippen molar-refractivity contribution in [2.45, 2.75) is 40.2 Å². The number of aryl methyl sites for hydroxylation is 2. The monoisotopic (exact) mass is 290 g/mol. The van der Waals surface area contributed by atoms with Crippen LogP contribution < -0.4 is 5.32 Å². The first-order valence-electron chi connectivity index (χ1n) is 7.78. The van der Waals surface area contributed by atoms with Gasteiger partial charge < -0.3 is 4.90 Å². The number of nitrogens with zero attached hydrogens (tertiary/aromatic N) is 3. The molecule has 5 heteroatoms. The number of anilines is 1. The van der Waals surface area contributed by atoms with Gasteiger partial charge in [-0.3, -0.25) is 10.2 Å². The first kappa shape index (κ1) is 15.8. The van der Waals surface area contributed by atoms with E-state index in [0.717, 1.165) is 43.9 Å². The summed E-state index contributed by atoms with van der Waals surface area (Å²) < 4.78 is 0. The second-order valence-corrected chi connectivity index (χ2v) is 5.71. The highest BCUT2D eigenvalue weighted by Gasteiger charge is 2.29. The van der Waals surface area contributed by atoms with E-state index in [4.69, 9.17) is 0 Å². The number of likely N-dealkylation sites (tertiary alicyclic amines) is 1. The maximum absolute atomic E-state index is 12.3. The number of aromatic nitrogens is 1. The van der Waals surface area contributed by atoms with Crippen LogP contribution in [0.5, 0.6) is 0 Å². The average Bonchev–Trinajstić information content (AvgIpc) is 2.88. The van der Waals surface area contributed by atoms with Crippen LogP contribution in [0.4, 0.5) is 10.6 Å². The van der Waals surface area contributed by atoms with Gasteiger partial charge in [0.1, 0.15) is 5.82 Å². The molecule has 1 atom stereocenters. The highest BCUT2D eigenvalue weighted by Crippen LogP contribution is 2.17. The average molecular weight is 290 g/mol. The molecule has 116 valence electrons. The van der Waals surface area contributed by atoms with Gasteiger partial charge in [-0.05, 0) is 51.1 Å². The number of hydrogen-bond donors (Lipinski definition) is 1. The van der Waals surface area contributed by atoms with Gasteiger partial charge in [-0.1, -0.05) is 13.8 Å². The molecule has 0 radical (unpaired) electrons. The minimum atomic E-state index is -0.0397. The highest BCUT2D eigenvalue weighted by molar-refractivity contribution is 5.88. The van der Waals surface area contributed by atoms with E-state index in [1.807, 2.05) is 30.9 Å². The molecule has 1 aromatic heterocycles. The zero-order valence-electron chi connectivity index (χ0n) is 13.5. The van der Waals surface area contributed by atoms with Gasteiger partial charge in [0, 0.05) is 24.8 Å². The van der Waals surface area contributed by atoms with E-state index in [2.05, 4.69) is 29.0 Å². The Hall–Kier alpha value is -1.62. The van der Waals surface area contributed by atoms with Crippen molar-refractivity contribution in [2.75, 3.05) is 31.5 Å². The van der Waals surface area contributed by atoms with Crippen LogP contribution in [0.3, 0.4) is 0 Å². The van der Waals surface area contributed by atoms with Crippen LogP contribution in [0.1, 0.15) is 31.5 Å². The Labute approximate surface area is 127 Å². The van der Waals surface area contributed by atoms with Gasteiger partial charge in [-0.15, -0.1) is 0 Å². The molecule has 2 heterocycles. The van der Waals surface area contributed by atoms with E-state index in [-0.39, 0.29) is 6.03 Å². The van der Waals surface area contributed by atoms with Crippen molar-refractivity contribution in [3.05, 3.63) is 23.4 Å². The van der Waals surface area contributed by atoms with E-state index in [1.54, 1.807) is 0 Å². The molecule has 2 rings (SSSR count). The topological polar surface area (TPSA) is 48.5 Å². The summed E-state index contributed by atoms with van der Waals surface area (Å²) in [5, 5.41) is 2.92. The maximum Gasteiger partial charge on any atom is 0.323 e. The van der Waals surface area contributed by atoms with Gasteiger partial charge in [0.2, 0.25) is 0 Å². The normalized spacial score (nSPS) is 18.3. The van der Waals surface area contributed by atoms with E-state index < -0.39 is 0 Å². The fraction of sp³-hybridized carbons (Fsp3) is 0.625. The van der Waals surface area contributed by atoms with Crippen molar-refractivity contribution >= 4 is 11.8 Å². The first-order chi connectivity index (χ1) is 10.0. The lowest BCUT2D eigenvalue weighted by molar-refractivity contribution is 0.202. The van der Waals surface area contributed by atoms with Crippen molar-refractivity contribution in [2.24, 2.45) is 0 Å². The summed E-state index contributed by atoms with van der Waals surface area (Å²) in [6.45, 7) is 12.0. The lowest BCUT2D eigenvalue weighted by Gasteiger charge is -2.26. The Morgan fingerprint density at radius 1 is 1.38 bits per heavy atom. The number of urea groups is 1. The molecule has 1 aliphatic rings. The third kappa shape index (κ3) is 3.94. The second kappa shape index (κ2) is 6.89. The molecule has 1 aliphatic heterocycles. The van der Waals surface area contributed by atoms with Gasteiger partial charge in [0.05, 0.1) is 0 Å². The SMILES string of the molecule is CCN(CC)[C@H]1CCN(C(=O)Nc2cc(C)cc(C)n2)C1. The van der Waals surface area contributed by atoms with Crippen molar-refractivity contribution in [1.29, 1.82) is 0 Å². The number of amides is 2. The maximum atomic E-state index is 12.3.